The number of Topliss-reactive ketones (excluding diaryl/α,β-unsaturated/α-hetero) is 1. The number of nitro benzene ring substituents is 1. The summed E-state index contributed by atoms with van der Waals surface area (Å²) in [7, 11) is 0. The summed E-state index contributed by atoms with van der Waals surface area (Å²) in [6.07, 6.45) is -0.945. The normalized spacial score (nSPS) is 11.8. The van der Waals surface area contributed by atoms with Gasteiger partial charge in [0.2, 0.25) is 0 Å². The molecule has 0 amide bonds. The summed E-state index contributed by atoms with van der Waals surface area (Å²) in [5, 5.41) is 20.5. The molecule has 0 spiro atoms. The molecule has 0 aliphatic carbocycles. The lowest BCUT2D eigenvalue weighted by atomic mass is 10.1. The average molecular weight is 315 g/mol. The standard InChI is InChI=1S/C17H17NO5/c1-11-3-5-13(6-4-11)16(20)10-23-17-8-7-14(18(21)22)9-15(17)12(2)19/h3-9,12,19H,10H2,1-2H3. The lowest BCUT2D eigenvalue weighted by Crippen LogP contribution is -2.13. The maximum Gasteiger partial charge on any atom is 0.270 e. The number of ketones is 1. The quantitative estimate of drug-likeness (QED) is 0.502. The summed E-state index contributed by atoms with van der Waals surface area (Å²) >= 11 is 0. The van der Waals surface area contributed by atoms with Gasteiger partial charge in [0.15, 0.2) is 12.4 Å². The second-order valence-electron chi connectivity index (χ2n) is 5.23. The lowest BCUT2D eigenvalue weighted by Gasteiger charge is -2.13. The fourth-order valence-electron chi connectivity index (χ4n) is 2.07. The van der Waals surface area contributed by atoms with Gasteiger partial charge >= 0.3 is 0 Å². The summed E-state index contributed by atoms with van der Waals surface area (Å²) in [5.41, 5.74) is 1.71. The number of aryl methyl sites for hydroxylation is 1. The van der Waals surface area contributed by atoms with E-state index in [2.05, 4.69) is 0 Å². The van der Waals surface area contributed by atoms with Crippen LogP contribution in [0.25, 0.3) is 0 Å². The van der Waals surface area contributed by atoms with E-state index in [-0.39, 0.29) is 29.4 Å². The van der Waals surface area contributed by atoms with Gasteiger partial charge in [-0.2, -0.15) is 0 Å². The first kappa shape index (κ1) is 16.6. The molecule has 120 valence electrons. The molecule has 0 saturated carbocycles. The zero-order valence-electron chi connectivity index (χ0n) is 12.9. The van der Waals surface area contributed by atoms with Gasteiger partial charge in [-0.3, -0.25) is 14.9 Å². The molecule has 1 unspecified atom stereocenters. The van der Waals surface area contributed by atoms with Crippen LogP contribution in [0.3, 0.4) is 0 Å². The Bertz CT molecular complexity index is 722. The van der Waals surface area contributed by atoms with Gasteiger partial charge in [-0.05, 0) is 19.9 Å². The highest BCUT2D eigenvalue weighted by Crippen LogP contribution is 2.29. The SMILES string of the molecule is Cc1ccc(C(=O)COc2ccc([N+](=O)[O-])cc2C(C)O)cc1. The van der Waals surface area contributed by atoms with E-state index in [1.165, 1.54) is 25.1 Å². The molecule has 2 aromatic carbocycles. The van der Waals surface area contributed by atoms with E-state index in [1.807, 2.05) is 19.1 Å². The molecular weight excluding hydrogens is 298 g/mol. The molecule has 1 atom stereocenters. The Hall–Kier alpha value is -2.73. The number of aliphatic hydroxyl groups is 1. The van der Waals surface area contributed by atoms with Crippen molar-refractivity contribution >= 4 is 11.5 Å². The zero-order valence-corrected chi connectivity index (χ0v) is 12.9. The Balaban J connectivity index is 2.15. The molecule has 23 heavy (non-hydrogen) atoms. The molecule has 2 rings (SSSR count). The number of carbonyl (C=O) groups excluding carboxylic acids is 1. The molecule has 0 aliphatic heterocycles. The minimum absolute atomic E-state index is 0.141. The first-order valence-electron chi connectivity index (χ1n) is 7.07. The molecule has 0 aliphatic rings. The Labute approximate surface area is 133 Å². The molecule has 0 fully saturated rings. The monoisotopic (exact) mass is 315 g/mol. The molecule has 0 heterocycles. The van der Waals surface area contributed by atoms with Gasteiger partial charge in [-0.25, -0.2) is 0 Å². The van der Waals surface area contributed by atoms with Gasteiger partial charge < -0.3 is 9.84 Å². The van der Waals surface area contributed by atoms with Crippen LogP contribution in [0.5, 0.6) is 5.75 Å². The largest absolute Gasteiger partial charge is 0.485 e. The Morgan fingerprint density at radius 3 is 2.48 bits per heavy atom. The third-order valence-electron chi connectivity index (χ3n) is 3.39. The summed E-state index contributed by atoms with van der Waals surface area (Å²) in [4.78, 5) is 22.3. The van der Waals surface area contributed by atoms with E-state index < -0.39 is 11.0 Å². The van der Waals surface area contributed by atoms with Crippen molar-refractivity contribution in [3.05, 3.63) is 69.3 Å². The summed E-state index contributed by atoms with van der Waals surface area (Å²) in [6, 6.07) is 11.0. The minimum atomic E-state index is -0.945. The molecule has 0 radical (unpaired) electrons. The number of nitro groups is 1. The van der Waals surface area contributed by atoms with Crippen molar-refractivity contribution in [3.63, 3.8) is 0 Å². The van der Waals surface area contributed by atoms with Crippen molar-refractivity contribution in [3.8, 4) is 5.75 Å². The van der Waals surface area contributed by atoms with Gasteiger partial charge in [-0.15, -0.1) is 0 Å². The highest BCUT2D eigenvalue weighted by Gasteiger charge is 2.16. The van der Waals surface area contributed by atoms with Gasteiger partial charge in [-0.1, -0.05) is 29.8 Å². The highest BCUT2D eigenvalue weighted by atomic mass is 16.6. The van der Waals surface area contributed by atoms with Crippen LogP contribution >= 0.6 is 0 Å². The fraction of sp³-hybridized carbons (Fsp3) is 0.235. The van der Waals surface area contributed by atoms with Crippen molar-refractivity contribution in [2.24, 2.45) is 0 Å². The third kappa shape index (κ3) is 4.14. The van der Waals surface area contributed by atoms with Gasteiger partial charge in [0, 0.05) is 23.3 Å². The summed E-state index contributed by atoms with van der Waals surface area (Å²) in [6.45, 7) is 3.20. The molecule has 0 saturated heterocycles. The predicted octanol–water partition coefficient (Wildman–Crippen LogP) is 3.22. The van der Waals surface area contributed by atoms with E-state index in [0.717, 1.165) is 5.56 Å². The molecule has 0 bridgehead atoms. The van der Waals surface area contributed by atoms with E-state index in [9.17, 15) is 20.0 Å². The first-order chi connectivity index (χ1) is 10.9. The summed E-state index contributed by atoms with van der Waals surface area (Å²) in [5.74, 6) is 0.0472. The average Bonchev–Trinajstić information content (AvgIpc) is 2.52. The number of nitrogens with zero attached hydrogens (tertiary/aromatic N) is 1. The van der Waals surface area contributed by atoms with Crippen LogP contribution in [0.2, 0.25) is 0 Å². The van der Waals surface area contributed by atoms with E-state index >= 15 is 0 Å². The summed E-state index contributed by atoms with van der Waals surface area (Å²) < 4.78 is 5.45. The number of hydrogen-bond donors (Lipinski definition) is 1. The fourth-order valence-corrected chi connectivity index (χ4v) is 2.07. The Morgan fingerprint density at radius 2 is 1.91 bits per heavy atom. The van der Waals surface area contributed by atoms with Crippen molar-refractivity contribution in [1.29, 1.82) is 0 Å². The number of benzene rings is 2. The molecule has 1 N–H and O–H groups in total. The first-order valence-corrected chi connectivity index (χ1v) is 7.07. The maximum atomic E-state index is 12.1. The second-order valence-corrected chi connectivity index (χ2v) is 5.23. The van der Waals surface area contributed by atoms with Crippen LogP contribution in [0.1, 0.15) is 34.5 Å². The number of hydrogen-bond acceptors (Lipinski definition) is 5. The molecule has 6 heteroatoms. The maximum absolute atomic E-state index is 12.1. The molecular formula is C17H17NO5. The van der Waals surface area contributed by atoms with Crippen molar-refractivity contribution < 1.29 is 19.6 Å². The Morgan fingerprint density at radius 1 is 1.26 bits per heavy atom. The van der Waals surface area contributed by atoms with Crippen LogP contribution in [0.4, 0.5) is 5.69 Å². The lowest BCUT2D eigenvalue weighted by molar-refractivity contribution is -0.385. The number of rotatable bonds is 6. The van der Waals surface area contributed by atoms with E-state index in [4.69, 9.17) is 4.74 Å². The molecule has 2 aromatic rings. The van der Waals surface area contributed by atoms with Crippen LogP contribution in [-0.2, 0) is 0 Å². The number of carbonyl (C=O) groups is 1. The molecule has 0 aromatic heterocycles. The Kier molecular flexibility index (Phi) is 5.08. The minimum Gasteiger partial charge on any atom is -0.485 e. The number of ether oxygens (including phenoxy) is 1. The topological polar surface area (TPSA) is 89.7 Å². The van der Waals surface area contributed by atoms with Crippen LogP contribution in [0, 0.1) is 17.0 Å². The predicted molar refractivity (Wildman–Crippen MR) is 84.7 cm³/mol. The van der Waals surface area contributed by atoms with Crippen molar-refractivity contribution in [1.82, 2.24) is 0 Å². The van der Waals surface area contributed by atoms with E-state index in [1.54, 1.807) is 12.1 Å². The van der Waals surface area contributed by atoms with Crippen molar-refractivity contribution in [2.75, 3.05) is 6.61 Å². The van der Waals surface area contributed by atoms with Gasteiger partial charge in [0.25, 0.3) is 5.69 Å². The van der Waals surface area contributed by atoms with Crippen LogP contribution in [-0.4, -0.2) is 22.4 Å². The van der Waals surface area contributed by atoms with E-state index in [0.29, 0.717) is 5.56 Å². The molecule has 6 nitrogen and oxygen atoms in total. The zero-order chi connectivity index (χ0) is 17.0. The highest BCUT2D eigenvalue weighted by molar-refractivity contribution is 5.97. The third-order valence-corrected chi connectivity index (χ3v) is 3.39. The number of non-ortho nitro benzene ring substituents is 1. The van der Waals surface area contributed by atoms with Gasteiger partial charge in [0.1, 0.15) is 5.75 Å². The van der Waals surface area contributed by atoms with Crippen molar-refractivity contribution in [2.45, 2.75) is 20.0 Å². The number of aliphatic hydroxyl groups excluding tert-OH is 1. The second kappa shape index (κ2) is 7.02. The van der Waals surface area contributed by atoms with Crippen LogP contribution in [0.15, 0.2) is 42.5 Å². The van der Waals surface area contributed by atoms with Gasteiger partial charge in [0.05, 0.1) is 11.0 Å². The smallest absolute Gasteiger partial charge is 0.270 e. The van der Waals surface area contributed by atoms with Crippen LogP contribution < -0.4 is 4.74 Å².